The van der Waals surface area contributed by atoms with Gasteiger partial charge < -0.3 is 15.5 Å². The van der Waals surface area contributed by atoms with Gasteiger partial charge in [0.1, 0.15) is 5.69 Å². The maximum absolute atomic E-state index is 12.7. The number of nitro groups is 1. The molecule has 0 atom stereocenters. The highest BCUT2D eigenvalue weighted by Crippen LogP contribution is 2.34. The molecule has 0 saturated carbocycles. The predicted octanol–water partition coefficient (Wildman–Crippen LogP) is 2.24. The number of amides is 1. The SMILES string of the molecule is O=C(CCNc1ccc(C(F)(F)F)cc1[N+](=O)[O-])N1CCCNCC1. The van der Waals surface area contributed by atoms with Crippen molar-refractivity contribution in [3.63, 3.8) is 0 Å². The number of nitro benzene ring substituents is 1. The van der Waals surface area contributed by atoms with Crippen LogP contribution in [0.25, 0.3) is 0 Å². The van der Waals surface area contributed by atoms with Gasteiger partial charge in [0.15, 0.2) is 0 Å². The van der Waals surface area contributed by atoms with Crippen molar-refractivity contribution in [2.24, 2.45) is 0 Å². The van der Waals surface area contributed by atoms with Crippen LogP contribution in [0.4, 0.5) is 24.5 Å². The summed E-state index contributed by atoms with van der Waals surface area (Å²) in [7, 11) is 0. The number of anilines is 1. The molecule has 0 unspecified atom stereocenters. The van der Waals surface area contributed by atoms with E-state index in [9.17, 15) is 28.1 Å². The Bertz CT molecular complexity index is 629. The van der Waals surface area contributed by atoms with Crippen LogP contribution in [-0.4, -0.2) is 48.5 Å². The van der Waals surface area contributed by atoms with Crippen molar-refractivity contribution in [1.82, 2.24) is 10.2 Å². The molecule has 1 aromatic rings. The lowest BCUT2D eigenvalue weighted by molar-refractivity contribution is -0.384. The van der Waals surface area contributed by atoms with Crippen molar-refractivity contribution in [3.8, 4) is 0 Å². The van der Waals surface area contributed by atoms with Gasteiger partial charge in [-0.1, -0.05) is 0 Å². The minimum atomic E-state index is -4.65. The summed E-state index contributed by atoms with van der Waals surface area (Å²) in [6.07, 6.45) is -3.69. The van der Waals surface area contributed by atoms with E-state index >= 15 is 0 Å². The normalized spacial score (nSPS) is 15.6. The van der Waals surface area contributed by atoms with E-state index in [0.29, 0.717) is 25.7 Å². The van der Waals surface area contributed by atoms with Gasteiger partial charge in [-0.25, -0.2) is 0 Å². The Morgan fingerprint density at radius 2 is 2.08 bits per heavy atom. The molecule has 1 fully saturated rings. The minimum absolute atomic E-state index is 0.0386. The summed E-state index contributed by atoms with van der Waals surface area (Å²) in [4.78, 5) is 24.0. The standard InChI is InChI=1S/C15H19F3N4O3/c16-15(17,18)11-2-3-12(13(10-11)22(24)25)20-6-4-14(23)21-8-1-5-19-7-9-21/h2-3,10,19-20H,1,4-9H2. The van der Waals surface area contributed by atoms with Crippen LogP contribution in [0.2, 0.25) is 0 Å². The van der Waals surface area contributed by atoms with Crippen molar-refractivity contribution >= 4 is 17.3 Å². The maximum Gasteiger partial charge on any atom is 0.416 e. The molecular weight excluding hydrogens is 341 g/mol. The van der Waals surface area contributed by atoms with Crippen molar-refractivity contribution in [2.75, 3.05) is 38.0 Å². The number of hydrogen-bond donors (Lipinski definition) is 2. The van der Waals surface area contributed by atoms with E-state index < -0.39 is 22.4 Å². The molecule has 1 amide bonds. The molecule has 1 saturated heterocycles. The van der Waals surface area contributed by atoms with Gasteiger partial charge in [-0.15, -0.1) is 0 Å². The molecular formula is C15H19F3N4O3. The second-order valence-electron chi connectivity index (χ2n) is 5.65. The third-order valence-corrected chi connectivity index (χ3v) is 3.87. The lowest BCUT2D eigenvalue weighted by Gasteiger charge is -2.20. The molecule has 1 aliphatic heterocycles. The first-order chi connectivity index (χ1) is 11.8. The zero-order chi connectivity index (χ0) is 18.4. The molecule has 2 N–H and O–H groups in total. The molecule has 7 nitrogen and oxygen atoms in total. The fraction of sp³-hybridized carbons (Fsp3) is 0.533. The number of halogens is 3. The molecule has 0 spiro atoms. The summed E-state index contributed by atoms with van der Waals surface area (Å²) in [5, 5.41) is 16.9. The average Bonchev–Trinajstić information content (AvgIpc) is 2.83. The Morgan fingerprint density at radius 1 is 1.32 bits per heavy atom. The summed E-state index contributed by atoms with van der Waals surface area (Å²) in [5.41, 5.74) is -1.79. The topological polar surface area (TPSA) is 87.5 Å². The molecule has 0 aromatic heterocycles. The lowest BCUT2D eigenvalue weighted by atomic mass is 10.1. The van der Waals surface area contributed by atoms with Crippen LogP contribution in [0.5, 0.6) is 0 Å². The van der Waals surface area contributed by atoms with E-state index in [4.69, 9.17) is 0 Å². The molecule has 0 bridgehead atoms. The second kappa shape index (κ2) is 8.15. The molecule has 0 aliphatic carbocycles. The second-order valence-corrected chi connectivity index (χ2v) is 5.65. The van der Waals surface area contributed by atoms with Crippen LogP contribution in [0.15, 0.2) is 18.2 Å². The molecule has 1 aromatic carbocycles. The van der Waals surface area contributed by atoms with E-state index in [1.54, 1.807) is 4.90 Å². The van der Waals surface area contributed by atoms with Crippen molar-refractivity contribution < 1.29 is 22.9 Å². The number of benzene rings is 1. The quantitative estimate of drug-likeness (QED) is 0.621. The van der Waals surface area contributed by atoms with Crippen molar-refractivity contribution in [2.45, 2.75) is 19.0 Å². The van der Waals surface area contributed by atoms with Crippen molar-refractivity contribution in [1.29, 1.82) is 0 Å². The molecule has 1 aliphatic rings. The summed E-state index contributed by atoms with van der Waals surface area (Å²) >= 11 is 0. The smallest absolute Gasteiger partial charge is 0.379 e. The lowest BCUT2D eigenvalue weighted by Crippen LogP contribution is -2.35. The molecule has 2 rings (SSSR count). The van der Waals surface area contributed by atoms with Gasteiger partial charge in [-0.2, -0.15) is 13.2 Å². The Morgan fingerprint density at radius 3 is 2.76 bits per heavy atom. The van der Waals surface area contributed by atoms with Gasteiger partial charge in [0, 0.05) is 38.7 Å². The first kappa shape index (κ1) is 19.0. The first-order valence-corrected chi connectivity index (χ1v) is 7.87. The fourth-order valence-corrected chi connectivity index (χ4v) is 2.57. The molecule has 0 radical (unpaired) electrons. The summed E-state index contributed by atoms with van der Waals surface area (Å²) in [5.74, 6) is -0.0919. The highest BCUT2D eigenvalue weighted by molar-refractivity contribution is 5.77. The van der Waals surface area contributed by atoms with E-state index in [0.717, 1.165) is 25.1 Å². The number of nitrogens with zero attached hydrogens (tertiary/aromatic N) is 2. The van der Waals surface area contributed by atoms with Crippen molar-refractivity contribution in [3.05, 3.63) is 33.9 Å². The largest absolute Gasteiger partial charge is 0.416 e. The number of carbonyl (C=O) groups is 1. The number of nitrogens with one attached hydrogen (secondary N) is 2. The van der Waals surface area contributed by atoms with Gasteiger partial charge >= 0.3 is 6.18 Å². The van der Waals surface area contributed by atoms with E-state index in [-0.39, 0.29) is 24.6 Å². The van der Waals surface area contributed by atoms with E-state index in [2.05, 4.69) is 10.6 Å². The Kier molecular flexibility index (Phi) is 6.18. The van der Waals surface area contributed by atoms with Gasteiger partial charge in [-0.05, 0) is 25.1 Å². The van der Waals surface area contributed by atoms with Gasteiger partial charge in [0.05, 0.1) is 10.5 Å². The maximum atomic E-state index is 12.7. The van der Waals surface area contributed by atoms with E-state index in [1.165, 1.54) is 0 Å². The number of carbonyl (C=O) groups excluding carboxylic acids is 1. The van der Waals surface area contributed by atoms with Crippen LogP contribution >= 0.6 is 0 Å². The average molecular weight is 360 g/mol. The summed E-state index contributed by atoms with van der Waals surface area (Å²) in [6.45, 7) is 2.91. The minimum Gasteiger partial charge on any atom is -0.379 e. The molecule has 10 heteroatoms. The fourth-order valence-electron chi connectivity index (χ4n) is 2.57. The predicted molar refractivity (Wildman–Crippen MR) is 85.3 cm³/mol. The van der Waals surface area contributed by atoms with Gasteiger partial charge in [-0.3, -0.25) is 14.9 Å². The zero-order valence-corrected chi connectivity index (χ0v) is 13.4. The highest BCUT2D eigenvalue weighted by atomic mass is 19.4. The summed E-state index contributed by atoms with van der Waals surface area (Å²) in [6, 6.07) is 2.28. The zero-order valence-electron chi connectivity index (χ0n) is 13.4. The van der Waals surface area contributed by atoms with E-state index in [1.807, 2.05) is 0 Å². The first-order valence-electron chi connectivity index (χ1n) is 7.87. The Balaban J connectivity index is 1.97. The van der Waals surface area contributed by atoms with Gasteiger partial charge in [0.25, 0.3) is 5.69 Å². The number of hydrogen-bond acceptors (Lipinski definition) is 5. The monoisotopic (exact) mass is 360 g/mol. The third-order valence-electron chi connectivity index (χ3n) is 3.87. The molecule has 1 heterocycles. The Labute approximate surface area is 142 Å². The van der Waals surface area contributed by atoms with Gasteiger partial charge in [0.2, 0.25) is 5.91 Å². The Hall–Kier alpha value is -2.36. The molecule has 25 heavy (non-hydrogen) atoms. The van der Waals surface area contributed by atoms with Crippen LogP contribution in [0.1, 0.15) is 18.4 Å². The number of alkyl halides is 3. The van der Waals surface area contributed by atoms with Crippen LogP contribution in [-0.2, 0) is 11.0 Å². The van der Waals surface area contributed by atoms with Crippen LogP contribution in [0, 0.1) is 10.1 Å². The molecule has 138 valence electrons. The van der Waals surface area contributed by atoms with Crippen LogP contribution < -0.4 is 10.6 Å². The third kappa shape index (κ3) is 5.31. The van der Waals surface area contributed by atoms with Crippen LogP contribution in [0.3, 0.4) is 0 Å². The highest BCUT2D eigenvalue weighted by Gasteiger charge is 2.33. The summed E-state index contributed by atoms with van der Waals surface area (Å²) < 4.78 is 38.0. The number of rotatable bonds is 5.